The van der Waals surface area contributed by atoms with E-state index in [0.29, 0.717) is 0 Å². The van der Waals surface area contributed by atoms with Crippen LogP contribution in [0.2, 0.25) is 0 Å². The highest BCUT2D eigenvalue weighted by molar-refractivity contribution is 5.51. The van der Waals surface area contributed by atoms with Gasteiger partial charge >= 0.3 is 0 Å². The molecule has 0 spiro atoms. The van der Waals surface area contributed by atoms with Gasteiger partial charge in [0.15, 0.2) is 0 Å². The third-order valence-corrected chi connectivity index (χ3v) is 3.97. The van der Waals surface area contributed by atoms with E-state index in [1.807, 2.05) is 0 Å². The standard InChI is InChI=1S/C18H27N3/c1-4-20(5-2)15-17-9-7-8-10-18(17)19-13-16-11-12-21(6-3)14-16/h7-12,14,19H,4-6,13,15H2,1-3H3. The van der Waals surface area contributed by atoms with Crippen LogP contribution in [0, 0.1) is 0 Å². The minimum Gasteiger partial charge on any atom is -0.381 e. The van der Waals surface area contributed by atoms with Gasteiger partial charge in [-0.25, -0.2) is 0 Å². The van der Waals surface area contributed by atoms with E-state index >= 15 is 0 Å². The van der Waals surface area contributed by atoms with Crippen LogP contribution in [-0.2, 0) is 19.6 Å². The Labute approximate surface area is 128 Å². The molecule has 0 bridgehead atoms. The lowest BCUT2D eigenvalue weighted by atomic mass is 10.1. The van der Waals surface area contributed by atoms with Gasteiger partial charge in [0.1, 0.15) is 0 Å². The maximum atomic E-state index is 3.58. The second kappa shape index (κ2) is 7.89. The molecule has 0 aliphatic rings. The summed E-state index contributed by atoms with van der Waals surface area (Å²) in [7, 11) is 0. The first-order valence-corrected chi connectivity index (χ1v) is 7.95. The van der Waals surface area contributed by atoms with Crippen molar-refractivity contribution < 1.29 is 0 Å². The Balaban J connectivity index is 2.02. The van der Waals surface area contributed by atoms with E-state index in [-0.39, 0.29) is 0 Å². The van der Waals surface area contributed by atoms with Gasteiger partial charge in [-0.2, -0.15) is 0 Å². The monoisotopic (exact) mass is 285 g/mol. The highest BCUT2D eigenvalue weighted by atomic mass is 15.1. The molecule has 2 rings (SSSR count). The summed E-state index contributed by atoms with van der Waals surface area (Å²) >= 11 is 0. The Morgan fingerprint density at radius 1 is 1.05 bits per heavy atom. The molecule has 0 radical (unpaired) electrons. The molecule has 0 aliphatic carbocycles. The Morgan fingerprint density at radius 3 is 2.48 bits per heavy atom. The summed E-state index contributed by atoms with van der Waals surface area (Å²) in [6, 6.07) is 10.8. The van der Waals surface area contributed by atoms with Crippen molar-refractivity contribution in [1.29, 1.82) is 0 Å². The molecular formula is C18H27N3. The smallest absolute Gasteiger partial charge is 0.0415 e. The maximum absolute atomic E-state index is 3.58. The van der Waals surface area contributed by atoms with Crippen LogP contribution in [0.1, 0.15) is 31.9 Å². The summed E-state index contributed by atoms with van der Waals surface area (Å²) < 4.78 is 2.21. The maximum Gasteiger partial charge on any atom is 0.0415 e. The predicted octanol–water partition coefficient (Wildman–Crippen LogP) is 3.96. The molecule has 0 saturated carbocycles. The molecule has 0 amide bonds. The van der Waals surface area contributed by atoms with Gasteiger partial charge < -0.3 is 9.88 Å². The second-order valence-electron chi connectivity index (χ2n) is 5.32. The molecule has 1 N–H and O–H groups in total. The van der Waals surface area contributed by atoms with Crippen molar-refractivity contribution in [1.82, 2.24) is 9.47 Å². The van der Waals surface area contributed by atoms with Gasteiger partial charge in [0, 0.05) is 37.7 Å². The van der Waals surface area contributed by atoms with Gasteiger partial charge in [0.05, 0.1) is 0 Å². The first-order valence-electron chi connectivity index (χ1n) is 7.95. The normalized spacial score (nSPS) is 11.0. The van der Waals surface area contributed by atoms with Crippen LogP contribution >= 0.6 is 0 Å². The van der Waals surface area contributed by atoms with E-state index in [1.54, 1.807) is 0 Å². The minimum atomic E-state index is 0.877. The number of hydrogen-bond acceptors (Lipinski definition) is 2. The first-order chi connectivity index (χ1) is 10.3. The molecule has 1 aromatic carbocycles. The van der Waals surface area contributed by atoms with E-state index in [0.717, 1.165) is 32.7 Å². The summed E-state index contributed by atoms with van der Waals surface area (Å²) in [5.74, 6) is 0. The van der Waals surface area contributed by atoms with Crippen molar-refractivity contribution in [3.05, 3.63) is 53.9 Å². The van der Waals surface area contributed by atoms with E-state index < -0.39 is 0 Å². The van der Waals surface area contributed by atoms with Gasteiger partial charge in [0.25, 0.3) is 0 Å². The Bertz CT molecular complexity index is 541. The molecule has 0 aliphatic heterocycles. The summed E-state index contributed by atoms with van der Waals surface area (Å²) in [5, 5.41) is 3.58. The van der Waals surface area contributed by atoms with Crippen molar-refractivity contribution in [3.8, 4) is 0 Å². The number of nitrogens with one attached hydrogen (secondary N) is 1. The molecule has 21 heavy (non-hydrogen) atoms. The van der Waals surface area contributed by atoms with Crippen molar-refractivity contribution >= 4 is 5.69 Å². The third kappa shape index (κ3) is 4.36. The summed E-state index contributed by atoms with van der Waals surface area (Å²) in [6.07, 6.45) is 4.35. The van der Waals surface area contributed by atoms with Gasteiger partial charge in [-0.1, -0.05) is 32.0 Å². The fraction of sp³-hybridized carbons (Fsp3) is 0.444. The van der Waals surface area contributed by atoms with Crippen LogP contribution in [0.5, 0.6) is 0 Å². The number of anilines is 1. The molecule has 0 fully saturated rings. The third-order valence-electron chi connectivity index (χ3n) is 3.97. The number of nitrogens with zero attached hydrogens (tertiary/aromatic N) is 2. The summed E-state index contributed by atoms with van der Waals surface area (Å²) in [6.45, 7) is 11.7. The number of para-hydroxylation sites is 1. The summed E-state index contributed by atoms with van der Waals surface area (Å²) in [4.78, 5) is 2.44. The average molecular weight is 285 g/mol. The zero-order valence-corrected chi connectivity index (χ0v) is 13.5. The van der Waals surface area contributed by atoms with Gasteiger partial charge in [-0.3, -0.25) is 4.90 Å². The summed E-state index contributed by atoms with van der Waals surface area (Å²) in [5.41, 5.74) is 3.94. The Kier molecular flexibility index (Phi) is 5.88. The fourth-order valence-corrected chi connectivity index (χ4v) is 2.51. The minimum absolute atomic E-state index is 0.877. The van der Waals surface area contributed by atoms with Gasteiger partial charge in [0.2, 0.25) is 0 Å². The zero-order chi connectivity index (χ0) is 15.1. The van der Waals surface area contributed by atoms with Crippen LogP contribution in [0.25, 0.3) is 0 Å². The molecule has 0 saturated heterocycles. The Hall–Kier alpha value is -1.74. The lowest BCUT2D eigenvalue weighted by Crippen LogP contribution is -2.22. The molecular weight excluding hydrogens is 258 g/mol. The first kappa shape index (κ1) is 15.6. The molecule has 114 valence electrons. The lowest BCUT2D eigenvalue weighted by Gasteiger charge is -2.20. The van der Waals surface area contributed by atoms with Crippen LogP contribution in [0.3, 0.4) is 0 Å². The molecule has 3 nitrogen and oxygen atoms in total. The number of rotatable bonds is 8. The largest absolute Gasteiger partial charge is 0.381 e. The fourth-order valence-electron chi connectivity index (χ4n) is 2.51. The van der Waals surface area contributed by atoms with E-state index in [4.69, 9.17) is 0 Å². The number of aryl methyl sites for hydroxylation is 1. The lowest BCUT2D eigenvalue weighted by molar-refractivity contribution is 0.296. The van der Waals surface area contributed by atoms with Gasteiger partial charge in [-0.05, 0) is 43.3 Å². The second-order valence-corrected chi connectivity index (χ2v) is 5.32. The highest BCUT2D eigenvalue weighted by Crippen LogP contribution is 2.18. The highest BCUT2D eigenvalue weighted by Gasteiger charge is 2.06. The number of hydrogen-bond donors (Lipinski definition) is 1. The van der Waals surface area contributed by atoms with Crippen molar-refractivity contribution in [2.45, 2.75) is 40.4 Å². The number of aromatic nitrogens is 1. The predicted molar refractivity (Wildman–Crippen MR) is 90.5 cm³/mol. The SMILES string of the molecule is CCN(CC)Cc1ccccc1NCc1ccn(CC)c1. The van der Waals surface area contributed by atoms with Gasteiger partial charge in [-0.15, -0.1) is 0 Å². The molecule has 0 atom stereocenters. The van der Waals surface area contributed by atoms with E-state index in [9.17, 15) is 0 Å². The molecule has 0 unspecified atom stereocenters. The van der Waals surface area contributed by atoms with Crippen LogP contribution in [0.4, 0.5) is 5.69 Å². The van der Waals surface area contributed by atoms with E-state index in [2.05, 4.69) is 78.3 Å². The topological polar surface area (TPSA) is 20.2 Å². The number of benzene rings is 1. The van der Waals surface area contributed by atoms with Crippen molar-refractivity contribution in [2.24, 2.45) is 0 Å². The molecule has 1 aromatic heterocycles. The Morgan fingerprint density at radius 2 is 1.81 bits per heavy atom. The molecule has 3 heteroatoms. The van der Waals surface area contributed by atoms with Crippen LogP contribution in [0.15, 0.2) is 42.7 Å². The van der Waals surface area contributed by atoms with E-state index in [1.165, 1.54) is 16.8 Å². The van der Waals surface area contributed by atoms with Crippen molar-refractivity contribution in [3.63, 3.8) is 0 Å². The van der Waals surface area contributed by atoms with Crippen LogP contribution in [-0.4, -0.2) is 22.6 Å². The quantitative estimate of drug-likeness (QED) is 0.792. The average Bonchev–Trinajstić information content (AvgIpc) is 2.99. The van der Waals surface area contributed by atoms with Crippen molar-refractivity contribution in [2.75, 3.05) is 18.4 Å². The molecule has 1 heterocycles. The molecule has 2 aromatic rings. The van der Waals surface area contributed by atoms with Crippen LogP contribution < -0.4 is 5.32 Å². The zero-order valence-electron chi connectivity index (χ0n) is 13.5.